The molecule has 2 aromatic rings. The third-order valence-corrected chi connectivity index (χ3v) is 9.30. The Kier molecular flexibility index (Phi) is 14.3. The van der Waals surface area contributed by atoms with Crippen molar-refractivity contribution < 1.29 is 19.5 Å². The number of hydrogen-bond donors (Lipinski definition) is 4. The van der Waals surface area contributed by atoms with Gasteiger partial charge in [-0.3, -0.25) is 14.4 Å². The summed E-state index contributed by atoms with van der Waals surface area (Å²) in [4.78, 5) is 46.8. The van der Waals surface area contributed by atoms with Gasteiger partial charge in [-0.15, -0.1) is 11.3 Å². The van der Waals surface area contributed by atoms with Crippen LogP contribution in [0.5, 0.6) is 0 Å². The first-order valence-electron chi connectivity index (χ1n) is 16.3. The third kappa shape index (κ3) is 11.0. The maximum Gasteiger partial charge on any atom is 0.246 e. The number of aryl methyl sites for hydroxylation is 1. The molecule has 1 fully saturated rings. The second-order valence-corrected chi connectivity index (χ2v) is 14.0. The fourth-order valence-electron chi connectivity index (χ4n) is 5.68. The maximum absolute atomic E-state index is 13.8. The molecule has 1 aliphatic heterocycles. The Hall–Kier alpha value is -2.82. The van der Waals surface area contributed by atoms with Crippen molar-refractivity contribution >= 4 is 29.1 Å². The number of likely N-dealkylation sites (tertiary alicyclic amines) is 1. The second kappa shape index (κ2) is 17.6. The zero-order chi connectivity index (χ0) is 32.1. The van der Waals surface area contributed by atoms with E-state index in [0.717, 1.165) is 53.9 Å². The molecule has 0 spiro atoms. The third-order valence-electron chi connectivity index (χ3n) is 8.32. The van der Waals surface area contributed by atoms with Crippen LogP contribution in [0.15, 0.2) is 29.8 Å². The molecule has 3 rings (SSSR count). The van der Waals surface area contributed by atoms with Crippen LogP contribution in [0.4, 0.5) is 0 Å². The first-order chi connectivity index (χ1) is 21.0. The number of carbonyl (C=O) groups is 3. The maximum atomic E-state index is 13.8. The normalized spacial score (nSPS) is 17.5. The summed E-state index contributed by atoms with van der Waals surface area (Å²) < 4.78 is 0. The van der Waals surface area contributed by atoms with E-state index in [1.165, 1.54) is 37.0 Å². The van der Waals surface area contributed by atoms with Crippen molar-refractivity contribution in [2.24, 2.45) is 11.1 Å². The fraction of sp³-hybridized carbons (Fsp3) is 0.647. The predicted octanol–water partition coefficient (Wildman–Crippen LogP) is 5.09. The summed E-state index contributed by atoms with van der Waals surface area (Å²) in [5, 5.41) is 16.4. The van der Waals surface area contributed by atoms with Gasteiger partial charge in [-0.1, -0.05) is 90.0 Å². The van der Waals surface area contributed by atoms with E-state index in [9.17, 15) is 19.5 Å². The number of unbranched alkanes of at least 4 members (excludes halogenated alkanes) is 8. The minimum atomic E-state index is -0.799. The number of carbonyl (C=O) groups excluding carboxylic acids is 3. The Morgan fingerprint density at radius 1 is 1.02 bits per heavy atom. The molecular formula is C34H53N5O4S. The van der Waals surface area contributed by atoms with E-state index in [1.807, 2.05) is 57.5 Å². The van der Waals surface area contributed by atoms with Gasteiger partial charge in [0.1, 0.15) is 12.1 Å². The van der Waals surface area contributed by atoms with E-state index in [2.05, 4.69) is 15.6 Å². The Balaban J connectivity index is 1.49. The highest BCUT2D eigenvalue weighted by molar-refractivity contribution is 7.13. The van der Waals surface area contributed by atoms with Gasteiger partial charge in [-0.05, 0) is 42.9 Å². The number of rotatable bonds is 17. The van der Waals surface area contributed by atoms with Crippen LogP contribution in [-0.2, 0) is 20.9 Å². The van der Waals surface area contributed by atoms with Crippen molar-refractivity contribution in [3.63, 3.8) is 0 Å². The largest absolute Gasteiger partial charge is 0.391 e. The van der Waals surface area contributed by atoms with Crippen LogP contribution in [-0.4, -0.2) is 64.0 Å². The van der Waals surface area contributed by atoms with Gasteiger partial charge in [-0.2, -0.15) is 0 Å². The zero-order valence-corrected chi connectivity index (χ0v) is 27.9. The standard InChI is InChI=1S/C34H53N5O4S/c1-24-30(44-23-37-24)26-17-15-25(16-18-26)21-36-32(42)28-20-27(40)22-39(28)33(43)31(34(2,3)4)38-29(41)14-12-10-8-6-5-7-9-11-13-19-35/h15-18,23,27-28,31,40H,5-14,19-22,35H2,1-4H3,(H,36,42)(H,38,41)/t27-,28+,31-/m1/s1. The Morgan fingerprint density at radius 3 is 2.20 bits per heavy atom. The molecule has 1 aromatic heterocycles. The van der Waals surface area contributed by atoms with Gasteiger partial charge in [0.2, 0.25) is 17.7 Å². The van der Waals surface area contributed by atoms with Crippen LogP contribution < -0.4 is 16.4 Å². The molecule has 0 unspecified atom stereocenters. The van der Waals surface area contributed by atoms with Crippen LogP contribution in [0, 0.1) is 12.3 Å². The van der Waals surface area contributed by atoms with Gasteiger partial charge >= 0.3 is 0 Å². The predicted molar refractivity (Wildman–Crippen MR) is 177 cm³/mol. The molecule has 2 heterocycles. The van der Waals surface area contributed by atoms with Crippen molar-refractivity contribution in [2.45, 2.75) is 123 Å². The molecule has 0 radical (unpaired) electrons. The van der Waals surface area contributed by atoms with Gasteiger partial charge < -0.3 is 26.4 Å². The molecule has 9 nitrogen and oxygen atoms in total. The van der Waals surface area contributed by atoms with Crippen LogP contribution in [0.3, 0.4) is 0 Å². The minimum absolute atomic E-state index is 0.0640. The lowest BCUT2D eigenvalue weighted by Crippen LogP contribution is -2.57. The summed E-state index contributed by atoms with van der Waals surface area (Å²) in [5.41, 5.74) is 9.80. The average molecular weight is 628 g/mol. The Labute approximate surface area is 267 Å². The van der Waals surface area contributed by atoms with Crippen molar-refractivity contribution in [3.8, 4) is 10.4 Å². The summed E-state index contributed by atoms with van der Waals surface area (Å²) in [6, 6.07) is 6.37. The molecule has 1 aromatic carbocycles. The number of thiazole rings is 1. The first kappa shape index (κ1) is 35.7. The molecule has 244 valence electrons. The van der Waals surface area contributed by atoms with Gasteiger partial charge in [0, 0.05) is 25.9 Å². The van der Waals surface area contributed by atoms with E-state index >= 15 is 0 Å². The molecule has 1 aliphatic rings. The van der Waals surface area contributed by atoms with Gasteiger partial charge in [0.05, 0.1) is 22.2 Å². The average Bonchev–Trinajstić information content (AvgIpc) is 3.60. The molecular weight excluding hydrogens is 574 g/mol. The first-order valence-corrected chi connectivity index (χ1v) is 17.1. The summed E-state index contributed by atoms with van der Waals surface area (Å²) in [6.45, 7) is 8.84. The molecule has 1 saturated heterocycles. The molecule has 0 saturated carbocycles. The summed E-state index contributed by atoms with van der Waals surface area (Å²) in [6.07, 6.45) is 9.77. The lowest BCUT2D eigenvalue weighted by atomic mass is 9.85. The Bertz CT molecular complexity index is 1190. The van der Waals surface area contributed by atoms with E-state index < -0.39 is 23.6 Å². The number of aromatic nitrogens is 1. The molecule has 5 N–H and O–H groups in total. The van der Waals surface area contributed by atoms with Crippen molar-refractivity contribution in [2.75, 3.05) is 13.1 Å². The van der Waals surface area contributed by atoms with Crippen LogP contribution >= 0.6 is 11.3 Å². The van der Waals surface area contributed by atoms with Gasteiger partial charge in [-0.25, -0.2) is 4.98 Å². The van der Waals surface area contributed by atoms with E-state index in [4.69, 9.17) is 5.73 Å². The fourth-order valence-corrected chi connectivity index (χ4v) is 6.49. The minimum Gasteiger partial charge on any atom is -0.391 e. The van der Waals surface area contributed by atoms with E-state index in [-0.39, 0.29) is 30.7 Å². The number of β-amino-alcohol motifs (C(OH)–C–C–N with tert-alkyl or cyclic N) is 1. The second-order valence-electron chi connectivity index (χ2n) is 13.2. The number of benzene rings is 1. The van der Waals surface area contributed by atoms with Crippen molar-refractivity contribution in [1.29, 1.82) is 0 Å². The van der Waals surface area contributed by atoms with Crippen molar-refractivity contribution in [3.05, 3.63) is 41.0 Å². The molecule has 3 amide bonds. The monoisotopic (exact) mass is 627 g/mol. The SMILES string of the molecule is Cc1ncsc1-c1ccc(CNC(=O)[C@@H]2C[C@@H](O)CN2C(=O)[C@@H](NC(=O)CCCCCCCCCCCN)C(C)(C)C)cc1. The summed E-state index contributed by atoms with van der Waals surface area (Å²) in [7, 11) is 0. The molecule has 10 heteroatoms. The highest BCUT2D eigenvalue weighted by Crippen LogP contribution is 2.28. The van der Waals surface area contributed by atoms with Gasteiger partial charge in [0.25, 0.3) is 0 Å². The highest BCUT2D eigenvalue weighted by atomic mass is 32.1. The summed E-state index contributed by atoms with van der Waals surface area (Å²) >= 11 is 1.59. The lowest BCUT2D eigenvalue weighted by molar-refractivity contribution is -0.144. The molecule has 0 aliphatic carbocycles. The van der Waals surface area contributed by atoms with E-state index in [1.54, 1.807) is 11.3 Å². The topological polar surface area (TPSA) is 138 Å². The van der Waals surface area contributed by atoms with Crippen LogP contribution in [0.25, 0.3) is 10.4 Å². The number of hydrogen-bond acceptors (Lipinski definition) is 7. The highest BCUT2D eigenvalue weighted by Gasteiger charge is 2.44. The van der Waals surface area contributed by atoms with E-state index in [0.29, 0.717) is 13.0 Å². The summed E-state index contributed by atoms with van der Waals surface area (Å²) in [5.74, 6) is -0.796. The number of nitrogens with two attached hydrogens (primary N) is 1. The number of amides is 3. The van der Waals surface area contributed by atoms with Gasteiger partial charge in [0.15, 0.2) is 0 Å². The Morgan fingerprint density at radius 2 is 1.64 bits per heavy atom. The zero-order valence-electron chi connectivity index (χ0n) is 27.1. The van der Waals surface area contributed by atoms with Crippen LogP contribution in [0.1, 0.15) is 103 Å². The number of nitrogens with zero attached hydrogens (tertiary/aromatic N) is 2. The van der Waals surface area contributed by atoms with Crippen molar-refractivity contribution in [1.82, 2.24) is 20.5 Å². The smallest absolute Gasteiger partial charge is 0.246 e. The lowest BCUT2D eigenvalue weighted by Gasteiger charge is -2.35. The number of aliphatic hydroxyl groups is 1. The number of nitrogens with one attached hydrogen (secondary N) is 2. The molecule has 44 heavy (non-hydrogen) atoms. The quantitative estimate of drug-likeness (QED) is 0.180. The van der Waals surface area contributed by atoms with Crippen LogP contribution in [0.2, 0.25) is 0 Å². The molecule has 3 atom stereocenters. The molecule has 0 bridgehead atoms. The number of aliphatic hydroxyl groups excluding tert-OH is 1.